The van der Waals surface area contributed by atoms with Gasteiger partial charge in [-0.05, 0) is 19.0 Å². The van der Waals surface area contributed by atoms with E-state index >= 15 is 0 Å². The summed E-state index contributed by atoms with van der Waals surface area (Å²) in [4.78, 5) is 0. The molecule has 0 amide bonds. The lowest BCUT2D eigenvalue weighted by Gasteiger charge is -2.01. The van der Waals surface area contributed by atoms with Gasteiger partial charge < -0.3 is 10.4 Å². The second-order valence-corrected chi connectivity index (χ2v) is 3.85. The number of nitrogens with one attached hydrogen (secondary N) is 1. The van der Waals surface area contributed by atoms with Gasteiger partial charge in [0.2, 0.25) is 0 Å². The molecular weight excluding hydrogens is 249 g/mol. The molecule has 2 rings (SSSR count). The first-order valence-corrected chi connectivity index (χ1v) is 5.15. The summed E-state index contributed by atoms with van der Waals surface area (Å²) in [6, 6.07) is 2.12. The molecule has 1 unspecified atom stereocenters. The van der Waals surface area contributed by atoms with Crippen LogP contribution in [0.1, 0.15) is 23.7 Å². The number of aliphatic hydroxyl groups excluding tert-OH is 1. The van der Waals surface area contributed by atoms with Crippen LogP contribution >= 0.6 is 24.8 Å². The molecule has 6 heteroatoms. The van der Waals surface area contributed by atoms with Crippen LogP contribution in [0.15, 0.2) is 6.07 Å². The summed E-state index contributed by atoms with van der Waals surface area (Å²) in [6.45, 7) is 2.33. The zero-order chi connectivity index (χ0) is 9.97. The van der Waals surface area contributed by atoms with Gasteiger partial charge in [-0.3, -0.25) is 4.68 Å². The third-order valence-corrected chi connectivity index (χ3v) is 2.84. The van der Waals surface area contributed by atoms with Crippen LogP contribution in [0.3, 0.4) is 0 Å². The quantitative estimate of drug-likeness (QED) is 0.855. The van der Waals surface area contributed by atoms with Gasteiger partial charge in [-0.1, -0.05) is 0 Å². The third kappa shape index (κ3) is 3.35. The van der Waals surface area contributed by atoms with Crippen molar-refractivity contribution < 1.29 is 5.11 Å². The molecule has 0 saturated carbocycles. The summed E-state index contributed by atoms with van der Waals surface area (Å²) < 4.78 is 1.88. The van der Waals surface area contributed by atoms with Crippen molar-refractivity contribution in [2.45, 2.75) is 18.8 Å². The highest BCUT2D eigenvalue weighted by atomic mass is 35.5. The van der Waals surface area contributed by atoms with Crippen molar-refractivity contribution in [3.63, 3.8) is 0 Å². The summed E-state index contributed by atoms with van der Waals surface area (Å²) >= 11 is 0. The van der Waals surface area contributed by atoms with Gasteiger partial charge in [-0.25, -0.2) is 0 Å². The minimum absolute atomic E-state index is 0. The number of hydrogen-bond donors (Lipinski definition) is 2. The van der Waals surface area contributed by atoms with Gasteiger partial charge >= 0.3 is 0 Å². The van der Waals surface area contributed by atoms with Gasteiger partial charge in [0.05, 0.1) is 5.69 Å². The maximum Gasteiger partial charge on any atom is 0.0671 e. The molecule has 1 saturated heterocycles. The van der Waals surface area contributed by atoms with Gasteiger partial charge in [0.15, 0.2) is 0 Å². The first-order chi connectivity index (χ1) is 6.81. The van der Waals surface area contributed by atoms with Crippen molar-refractivity contribution in [3.05, 3.63) is 17.5 Å². The maximum absolute atomic E-state index is 8.87. The van der Waals surface area contributed by atoms with Crippen molar-refractivity contribution in [1.82, 2.24) is 15.1 Å². The first-order valence-electron chi connectivity index (χ1n) is 5.15. The van der Waals surface area contributed by atoms with E-state index in [0.717, 1.165) is 18.8 Å². The lowest BCUT2D eigenvalue weighted by atomic mass is 10.0. The monoisotopic (exact) mass is 267 g/mol. The predicted molar refractivity (Wildman–Crippen MR) is 68.7 cm³/mol. The fourth-order valence-corrected chi connectivity index (χ4v) is 1.99. The molecule has 4 nitrogen and oxygen atoms in total. The van der Waals surface area contributed by atoms with Gasteiger partial charge in [0, 0.05) is 38.2 Å². The molecule has 1 aromatic rings. The van der Waals surface area contributed by atoms with Gasteiger partial charge in [0.25, 0.3) is 0 Å². The van der Waals surface area contributed by atoms with E-state index < -0.39 is 0 Å². The standard InChI is InChI=1S/C10H17N3O.2ClH/c1-13-9(3-5-14)6-10(12-13)8-2-4-11-7-8;;/h6,8,11,14H,2-5,7H2,1H3;2*1H. The fraction of sp³-hybridized carbons (Fsp3) is 0.700. The number of rotatable bonds is 3. The molecule has 2 heterocycles. The van der Waals surface area contributed by atoms with E-state index in [4.69, 9.17) is 5.11 Å². The molecule has 0 spiro atoms. The van der Waals surface area contributed by atoms with E-state index in [1.54, 1.807) is 0 Å². The SMILES string of the molecule is Cl.Cl.Cn1nc(C2CCNC2)cc1CCO. The van der Waals surface area contributed by atoms with Crippen LogP contribution in [0, 0.1) is 0 Å². The van der Waals surface area contributed by atoms with E-state index in [0.29, 0.717) is 12.3 Å². The molecule has 94 valence electrons. The smallest absolute Gasteiger partial charge is 0.0671 e. The lowest BCUT2D eigenvalue weighted by Crippen LogP contribution is -2.08. The second-order valence-electron chi connectivity index (χ2n) is 3.85. The summed E-state index contributed by atoms with van der Waals surface area (Å²) in [5.74, 6) is 0.564. The highest BCUT2D eigenvalue weighted by molar-refractivity contribution is 5.85. The summed E-state index contributed by atoms with van der Waals surface area (Å²) in [6.07, 6.45) is 1.87. The van der Waals surface area contributed by atoms with E-state index in [1.165, 1.54) is 12.1 Å². The van der Waals surface area contributed by atoms with Crippen molar-refractivity contribution in [1.29, 1.82) is 0 Å². The van der Waals surface area contributed by atoms with Crippen molar-refractivity contribution in [2.24, 2.45) is 7.05 Å². The number of aryl methyl sites for hydroxylation is 1. The molecule has 0 bridgehead atoms. The molecule has 1 aliphatic rings. The van der Waals surface area contributed by atoms with E-state index in [2.05, 4.69) is 16.5 Å². The molecule has 1 aliphatic heterocycles. The lowest BCUT2D eigenvalue weighted by molar-refractivity contribution is 0.296. The van der Waals surface area contributed by atoms with Crippen LogP contribution in [-0.2, 0) is 13.5 Å². The molecule has 2 N–H and O–H groups in total. The number of aromatic nitrogens is 2. The summed E-state index contributed by atoms with van der Waals surface area (Å²) in [5.41, 5.74) is 2.29. The normalized spacial score (nSPS) is 19.0. The first kappa shape index (κ1) is 15.7. The Morgan fingerprint density at radius 3 is 2.88 bits per heavy atom. The highest BCUT2D eigenvalue weighted by Gasteiger charge is 2.19. The average molecular weight is 268 g/mol. The van der Waals surface area contributed by atoms with E-state index in [-0.39, 0.29) is 31.4 Å². The molecule has 16 heavy (non-hydrogen) atoms. The number of aliphatic hydroxyl groups is 1. The molecule has 1 aromatic heterocycles. The van der Waals surface area contributed by atoms with Gasteiger partial charge in [-0.15, -0.1) is 24.8 Å². The van der Waals surface area contributed by atoms with E-state index in [1.807, 2.05) is 11.7 Å². The zero-order valence-electron chi connectivity index (χ0n) is 9.35. The molecule has 0 aliphatic carbocycles. The van der Waals surface area contributed by atoms with Gasteiger partial charge in [0.1, 0.15) is 0 Å². The predicted octanol–water partition coefficient (Wildman–Crippen LogP) is 0.875. The maximum atomic E-state index is 8.87. The fourth-order valence-electron chi connectivity index (χ4n) is 1.99. The van der Waals surface area contributed by atoms with Crippen LogP contribution in [0.5, 0.6) is 0 Å². The van der Waals surface area contributed by atoms with Crippen LogP contribution < -0.4 is 5.32 Å². The Morgan fingerprint density at radius 1 is 1.56 bits per heavy atom. The molecule has 1 fully saturated rings. The van der Waals surface area contributed by atoms with Crippen LogP contribution in [0.4, 0.5) is 0 Å². The van der Waals surface area contributed by atoms with E-state index in [9.17, 15) is 0 Å². The second kappa shape index (κ2) is 7.12. The van der Waals surface area contributed by atoms with Gasteiger partial charge in [-0.2, -0.15) is 5.10 Å². The summed E-state index contributed by atoms with van der Waals surface area (Å²) in [7, 11) is 1.94. The molecule has 0 aromatic carbocycles. The number of halogens is 2. The average Bonchev–Trinajstić information content (AvgIpc) is 2.76. The topological polar surface area (TPSA) is 50.1 Å². The Kier molecular flexibility index (Phi) is 6.99. The zero-order valence-corrected chi connectivity index (χ0v) is 11.0. The Balaban J connectivity index is 0.00000112. The Hall–Kier alpha value is -0.290. The van der Waals surface area contributed by atoms with Crippen molar-refractivity contribution in [3.8, 4) is 0 Å². The van der Waals surface area contributed by atoms with Crippen LogP contribution in [0.25, 0.3) is 0 Å². The van der Waals surface area contributed by atoms with Crippen LogP contribution in [0.2, 0.25) is 0 Å². The Bertz CT molecular complexity index is 311. The highest BCUT2D eigenvalue weighted by Crippen LogP contribution is 2.21. The number of hydrogen-bond acceptors (Lipinski definition) is 3. The van der Waals surface area contributed by atoms with Crippen molar-refractivity contribution >= 4 is 24.8 Å². The largest absolute Gasteiger partial charge is 0.396 e. The van der Waals surface area contributed by atoms with Crippen LogP contribution in [-0.4, -0.2) is 34.6 Å². The molecule has 1 atom stereocenters. The van der Waals surface area contributed by atoms with Crippen molar-refractivity contribution in [2.75, 3.05) is 19.7 Å². The number of nitrogens with zero attached hydrogens (tertiary/aromatic N) is 2. The Morgan fingerprint density at radius 2 is 2.31 bits per heavy atom. The minimum Gasteiger partial charge on any atom is -0.396 e. The molecular formula is C10H19Cl2N3O. The molecule has 0 radical (unpaired) electrons. The third-order valence-electron chi connectivity index (χ3n) is 2.84. The Labute approximate surface area is 108 Å². The summed E-state index contributed by atoms with van der Waals surface area (Å²) in [5, 5.41) is 16.7. The minimum atomic E-state index is 0.